The highest BCUT2D eigenvalue weighted by molar-refractivity contribution is 7.86. The van der Waals surface area contributed by atoms with E-state index < -0.39 is 28.0 Å². The van der Waals surface area contributed by atoms with Crippen molar-refractivity contribution in [2.24, 2.45) is 5.73 Å². The van der Waals surface area contributed by atoms with E-state index in [9.17, 15) is 18.0 Å². The van der Waals surface area contributed by atoms with Crippen LogP contribution >= 0.6 is 0 Å². The summed E-state index contributed by atoms with van der Waals surface area (Å²) in [6, 6.07) is 5.26. The Morgan fingerprint density at radius 1 is 1.33 bits per heavy atom. The number of nitrogens with one attached hydrogen (secondary N) is 1. The normalized spacial score (nSPS) is 24.0. The molecule has 1 aromatic carbocycles. The summed E-state index contributed by atoms with van der Waals surface area (Å²) in [6.07, 6.45) is 0.124. The third kappa shape index (κ3) is 4.31. The van der Waals surface area contributed by atoms with Gasteiger partial charge in [-0.2, -0.15) is 8.42 Å². The number of nitrogens with zero attached hydrogens (tertiary/aromatic N) is 1. The minimum Gasteiger partial charge on any atom is -0.444 e. The molecule has 3 heterocycles. The molecule has 1 fully saturated rings. The lowest BCUT2D eigenvalue weighted by molar-refractivity contribution is -0.0986. The fourth-order valence-corrected chi connectivity index (χ4v) is 4.27. The monoisotopic (exact) mass is 399 g/mol. The largest absolute Gasteiger partial charge is 0.444 e. The van der Waals surface area contributed by atoms with Crippen molar-refractivity contribution in [2.45, 2.75) is 30.1 Å². The standard InChI is InChI=1S/C16H21N3O7S/c17-14(20)18-7-9-24-11-16-6-1-8-19(16)15(21)25-10-12-2-4-13(5-3-12)27(22,23)26-16/h2-5H,1,6-11H2,(H3,17,18,20)/t16-/m0/s1. The second-order valence-electron chi connectivity index (χ2n) is 6.28. The highest BCUT2D eigenvalue weighted by Gasteiger charge is 2.49. The van der Waals surface area contributed by atoms with Gasteiger partial charge in [0.2, 0.25) is 0 Å². The van der Waals surface area contributed by atoms with Crippen molar-refractivity contribution in [3.63, 3.8) is 0 Å². The molecule has 4 rings (SSSR count). The number of nitrogens with two attached hydrogens (primary N) is 1. The average Bonchev–Trinajstić information content (AvgIpc) is 3.01. The molecule has 3 aliphatic heterocycles. The summed E-state index contributed by atoms with van der Waals surface area (Å²) in [5.41, 5.74) is 4.14. The van der Waals surface area contributed by atoms with Crippen molar-refractivity contribution in [3.8, 4) is 0 Å². The first-order chi connectivity index (χ1) is 12.8. The van der Waals surface area contributed by atoms with Crippen LogP contribution in [0.4, 0.5) is 9.59 Å². The van der Waals surface area contributed by atoms with E-state index in [0.717, 1.165) is 0 Å². The summed E-state index contributed by atoms with van der Waals surface area (Å²) in [7, 11) is -4.13. The van der Waals surface area contributed by atoms with E-state index >= 15 is 0 Å². The van der Waals surface area contributed by atoms with E-state index in [1.165, 1.54) is 17.0 Å². The Kier molecular flexibility index (Phi) is 5.53. The molecular formula is C16H21N3O7S. The van der Waals surface area contributed by atoms with Crippen molar-refractivity contribution < 1.29 is 31.7 Å². The minimum absolute atomic E-state index is 0.0118. The van der Waals surface area contributed by atoms with Gasteiger partial charge in [0.25, 0.3) is 10.1 Å². The van der Waals surface area contributed by atoms with E-state index in [1.54, 1.807) is 12.1 Å². The van der Waals surface area contributed by atoms with E-state index in [2.05, 4.69) is 5.32 Å². The molecule has 1 aromatic rings. The molecule has 0 aromatic heterocycles. The quantitative estimate of drug-likeness (QED) is 0.544. The highest BCUT2D eigenvalue weighted by atomic mass is 32.2. The minimum atomic E-state index is -4.13. The van der Waals surface area contributed by atoms with Crippen LogP contribution in [0.2, 0.25) is 0 Å². The van der Waals surface area contributed by atoms with Gasteiger partial charge in [-0.05, 0) is 24.1 Å². The number of fused-ring (bicyclic) bond motifs is 5. The van der Waals surface area contributed by atoms with Crippen molar-refractivity contribution in [3.05, 3.63) is 29.8 Å². The van der Waals surface area contributed by atoms with Gasteiger partial charge in [0, 0.05) is 19.5 Å². The van der Waals surface area contributed by atoms with E-state index in [-0.39, 0.29) is 44.2 Å². The van der Waals surface area contributed by atoms with Crippen LogP contribution in [0, 0.1) is 0 Å². The lowest BCUT2D eigenvalue weighted by atomic mass is 10.2. The summed E-state index contributed by atoms with van der Waals surface area (Å²) in [6.45, 7) is 0.325. The van der Waals surface area contributed by atoms with Crippen LogP contribution in [0.15, 0.2) is 29.2 Å². The van der Waals surface area contributed by atoms with Crippen LogP contribution in [0.1, 0.15) is 18.4 Å². The number of hydrogen-bond donors (Lipinski definition) is 2. The van der Waals surface area contributed by atoms with Crippen molar-refractivity contribution in [2.75, 3.05) is 26.3 Å². The van der Waals surface area contributed by atoms with Crippen molar-refractivity contribution in [1.29, 1.82) is 0 Å². The molecule has 3 N–H and O–H groups in total. The number of carbonyl (C=O) groups excluding carboxylic acids is 2. The molecule has 2 bridgehead atoms. The fraction of sp³-hybridized carbons (Fsp3) is 0.500. The molecule has 11 heteroatoms. The first-order valence-electron chi connectivity index (χ1n) is 8.42. The molecule has 0 saturated carbocycles. The molecule has 3 aliphatic rings. The second kappa shape index (κ2) is 7.71. The number of rotatable bonds is 5. The van der Waals surface area contributed by atoms with Crippen LogP contribution < -0.4 is 11.1 Å². The molecule has 1 saturated heterocycles. The Morgan fingerprint density at radius 2 is 2.07 bits per heavy atom. The summed E-state index contributed by atoms with van der Waals surface area (Å²) >= 11 is 0. The first kappa shape index (κ1) is 19.4. The maximum absolute atomic E-state index is 12.7. The summed E-state index contributed by atoms with van der Waals surface area (Å²) < 4.78 is 41.8. The first-order valence-corrected chi connectivity index (χ1v) is 9.83. The highest BCUT2D eigenvalue weighted by Crippen LogP contribution is 2.35. The Morgan fingerprint density at radius 3 is 2.78 bits per heavy atom. The van der Waals surface area contributed by atoms with E-state index in [4.69, 9.17) is 19.4 Å². The molecule has 10 nitrogen and oxygen atoms in total. The van der Waals surface area contributed by atoms with Crippen molar-refractivity contribution >= 4 is 22.2 Å². The van der Waals surface area contributed by atoms with Gasteiger partial charge in [0.15, 0.2) is 5.72 Å². The lowest BCUT2D eigenvalue weighted by Crippen LogP contribution is -2.53. The fourth-order valence-electron chi connectivity index (χ4n) is 3.08. The predicted octanol–water partition coefficient (Wildman–Crippen LogP) is 0.519. The zero-order valence-corrected chi connectivity index (χ0v) is 15.4. The molecule has 1 atom stereocenters. The van der Waals surface area contributed by atoms with Gasteiger partial charge < -0.3 is 20.5 Å². The van der Waals surface area contributed by atoms with Crippen LogP contribution in [0.5, 0.6) is 0 Å². The average molecular weight is 399 g/mol. The maximum Gasteiger partial charge on any atom is 0.412 e. The number of carbonyl (C=O) groups is 2. The molecule has 0 radical (unpaired) electrons. The Hall–Kier alpha value is -2.37. The summed E-state index contributed by atoms with van der Waals surface area (Å²) in [4.78, 5) is 24.5. The summed E-state index contributed by atoms with van der Waals surface area (Å²) in [5.74, 6) is 0. The Bertz CT molecular complexity index is 812. The van der Waals surface area contributed by atoms with Crippen LogP contribution in [-0.4, -0.2) is 57.5 Å². The number of primary amides is 1. The molecule has 27 heavy (non-hydrogen) atoms. The van der Waals surface area contributed by atoms with Gasteiger partial charge in [-0.3, -0.25) is 4.90 Å². The number of hydrogen-bond acceptors (Lipinski definition) is 7. The van der Waals surface area contributed by atoms with Crippen LogP contribution in [0.3, 0.4) is 0 Å². The number of benzene rings is 1. The third-order valence-electron chi connectivity index (χ3n) is 4.37. The molecule has 0 unspecified atom stereocenters. The molecule has 3 amide bonds. The topological polar surface area (TPSA) is 137 Å². The zero-order valence-electron chi connectivity index (χ0n) is 14.5. The van der Waals surface area contributed by atoms with Crippen LogP contribution in [-0.2, 0) is 30.4 Å². The SMILES string of the molecule is NC(=O)NCCOC[C@@]12CCCN1C(=O)OCc1ccc(cc1)S(=O)(=O)O2. The van der Waals surface area contributed by atoms with Gasteiger partial charge in [-0.15, -0.1) is 0 Å². The van der Waals surface area contributed by atoms with Gasteiger partial charge in [-0.1, -0.05) is 12.1 Å². The van der Waals surface area contributed by atoms with E-state index in [1.807, 2.05) is 0 Å². The van der Waals surface area contributed by atoms with Gasteiger partial charge in [0.1, 0.15) is 6.61 Å². The smallest absolute Gasteiger partial charge is 0.412 e. The lowest BCUT2D eigenvalue weighted by Gasteiger charge is -2.36. The molecule has 0 spiro atoms. The Balaban J connectivity index is 1.84. The third-order valence-corrected chi connectivity index (χ3v) is 5.75. The number of urea groups is 1. The van der Waals surface area contributed by atoms with E-state index in [0.29, 0.717) is 12.0 Å². The van der Waals surface area contributed by atoms with Gasteiger partial charge in [-0.25, -0.2) is 13.8 Å². The van der Waals surface area contributed by atoms with Crippen LogP contribution in [0.25, 0.3) is 0 Å². The number of amides is 3. The molecule has 0 aliphatic carbocycles. The Labute approximate surface area is 156 Å². The van der Waals surface area contributed by atoms with Crippen molar-refractivity contribution in [1.82, 2.24) is 10.2 Å². The number of ether oxygens (including phenoxy) is 2. The maximum atomic E-state index is 12.7. The zero-order chi connectivity index (χ0) is 19.5. The molecular weight excluding hydrogens is 378 g/mol. The second-order valence-corrected chi connectivity index (χ2v) is 7.83. The molecule has 148 valence electrons. The summed E-state index contributed by atoms with van der Waals surface area (Å²) in [5, 5.41) is 2.36. The van der Waals surface area contributed by atoms with Gasteiger partial charge >= 0.3 is 12.1 Å². The van der Waals surface area contributed by atoms with Gasteiger partial charge in [0.05, 0.1) is 18.1 Å². The predicted molar refractivity (Wildman–Crippen MR) is 92.0 cm³/mol.